The number of carbonyl (C=O) groups is 1. The Labute approximate surface area is 227 Å². The third-order valence-electron chi connectivity index (χ3n) is 6.85. The summed E-state index contributed by atoms with van der Waals surface area (Å²) in [7, 11) is 0. The van der Waals surface area contributed by atoms with E-state index in [4.69, 9.17) is 14.2 Å². The number of amides is 2. The first-order chi connectivity index (χ1) is 19.1. The first-order valence-electron chi connectivity index (χ1n) is 12.7. The monoisotopic (exact) mass is 557 g/mol. The van der Waals surface area contributed by atoms with Crippen molar-refractivity contribution < 1.29 is 32.2 Å². The van der Waals surface area contributed by atoms with E-state index in [9.17, 15) is 18.0 Å². The van der Waals surface area contributed by atoms with Crippen LogP contribution in [0, 0.1) is 0 Å². The highest BCUT2D eigenvalue weighted by atomic mass is 19.4. The number of nitrogens with one attached hydrogen (secondary N) is 1. The van der Waals surface area contributed by atoms with Gasteiger partial charge in [-0.25, -0.2) is 19.7 Å². The molecule has 14 heteroatoms. The fourth-order valence-electron chi connectivity index (χ4n) is 5.01. The highest BCUT2D eigenvalue weighted by Gasteiger charge is 2.41. The molecule has 0 saturated carbocycles. The lowest BCUT2D eigenvalue weighted by atomic mass is 10.1. The second-order valence-electron chi connectivity index (χ2n) is 10.1. The molecule has 0 unspecified atom stereocenters. The third kappa shape index (κ3) is 5.23. The summed E-state index contributed by atoms with van der Waals surface area (Å²) in [5.74, 6) is -0.0104. The first-order valence-corrected chi connectivity index (χ1v) is 12.7. The van der Waals surface area contributed by atoms with E-state index in [1.165, 1.54) is 23.2 Å². The Balaban J connectivity index is 1.22. The summed E-state index contributed by atoms with van der Waals surface area (Å²) < 4.78 is 56.9. The zero-order valence-corrected chi connectivity index (χ0v) is 21.7. The summed E-state index contributed by atoms with van der Waals surface area (Å²) in [6.45, 7) is 5.51. The molecule has 2 atom stereocenters. The molecule has 0 spiro atoms. The van der Waals surface area contributed by atoms with Gasteiger partial charge in [-0.3, -0.25) is 10.2 Å². The van der Waals surface area contributed by atoms with Gasteiger partial charge in [0.1, 0.15) is 12.7 Å². The Morgan fingerprint density at radius 1 is 1.23 bits per heavy atom. The number of hydrogen-bond donors (Lipinski definition) is 1. The summed E-state index contributed by atoms with van der Waals surface area (Å²) in [5, 5.41) is 2.71. The van der Waals surface area contributed by atoms with Crippen LogP contribution in [0.25, 0.3) is 11.4 Å². The van der Waals surface area contributed by atoms with Crippen molar-refractivity contribution in [3.05, 3.63) is 48.3 Å². The summed E-state index contributed by atoms with van der Waals surface area (Å²) in [6.07, 6.45) is -1.08. The average Bonchev–Trinajstić information content (AvgIpc) is 3.50. The van der Waals surface area contributed by atoms with Gasteiger partial charge in [0.15, 0.2) is 17.4 Å². The number of rotatable bonds is 5. The second kappa shape index (κ2) is 9.86. The second-order valence-corrected chi connectivity index (χ2v) is 10.1. The molecule has 6 rings (SSSR count). The summed E-state index contributed by atoms with van der Waals surface area (Å²) in [4.78, 5) is 34.4. The van der Waals surface area contributed by atoms with Crippen molar-refractivity contribution in [2.24, 2.45) is 0 Å². The average molecular weight is 558 g/mol. The van der Waals surface area contributed by atoms with Crippen LogP contribution in [-0.2, 0) is 15.7 Å². The lowest BCUT2D eigenvalue weighted by Gasteiger charge is -2.35. The van der Waals surface area contributed by atoms with E-state index in [1.54, 1.807) is 12.3 Å². The molecule has 3 aliphatic rings. The standard InChI is InChI=1S/C26H26F3N7O4/c1-25(2)39-14-18(40-25)13-38-20-6-8-30-23(32-20)34-24(37)36-17-7-9-35(12-17)19-11-31-21(33-22(19)36)15-4-3-5-16(10-15)26(27,28)29/h3-6,8,10-11,17-18H,7,9,12-14H2,1-2H3,(H,30,32,34,37)/t17-,18-/m0/s1. The number of urea groups is 1. The van der Waals surface area contributed by atoms with E-state index in [2.05, 4.69) is 30.2 Å². The highest BCUT2D eigenvalue weighted by Crippen LogP contribution is 2.40. The molecule has 1 aromatic carbocycles. The van der Waals surface area contributed by atoms with Crippen molar-refractivity contribution >= 4 is 23.5 Å². The molecule has 2 amide bonds. The number of ether oxygens (including phenoxy) is 3. The van der Waals surface area contributed by atoms with Crippen molar-refractivity contribution in [1.29, 1.82) is 0 Å². The zero-order valence-electron chi connectivity index (χ0n) is 21.7. The van der Waals surface area contributed by atoms with Gasteiger partial charge in [0.2, 0.25) is 11.8 Å². The summed E-state index contributed by atoms with van der Waals surface area (Å²) >= 11 is 0. The summed E-state index contributed by atoms with van der Waals surface area (Å²) in [5.41, 5.74) is 0.0122. The number of fused-ring (bicyclic) bond motifs is 4. The Bertz CT molecular complexity index is 1440. The van der Waals surface area contributed by atoms with Crippen LogP contribution in [0.1, 0.15) is 25.8 Å². The number of alkyl halides is 3. The number of nitrogens with zero attached hydrogens (tertiary/aromatic N) is 6. The van der Waals surface area contributed by atoms with Crippen LogP contribution >= 0.6 is 0 Å². The smallest absolute Gasteiger partial charge is 0.416 e. The molecular formula is C26H26F3N7O4. The van der Waals surface area contributed by atoms with Crippen molar-refractivity contribution in [2.45, 2.75) is 44.4 Å². The van der Waals surface area contributed by atoms with Crippen LogP contribution in [0.2, 0.25) is 0 Å². The third-order valence-corrected chi connectivity index (χ3v) is 6.85. The number of aromatic nitrogens is 4. The topological polar surface area (TPSA) is 115 Å². The molecule has 40 heavy (non-hydrogen) atoms. The predicted molar refractivity (Wildman–Crippen MR) is 137 cm³/mol. The summed E-state index contributed by atoms with van der Waals surface area (Å²) in [6, 6.07) is 5.64. The van der Waals surface area contributed by atoms with E-state index in [-0.39, 0.29) is 42.0 Å². The van der Waals surface area contributed by atoms with E-state index < -0.39 is 23.6 Å². The SMILES string of the molecule is CC1(C)OC[C@H](COc2ccnc(NC(=O)N3c4nc(-c5cccc(C(F)(F)F)c5)ncc4N4CC[C@H]3C4)n2)O1. The minimum Gasteiger partial charge on any atom is -0.475 e. The van der Waals surface area contributed by atoms with Gasteiger partial charge in [-0.1, -0.05) is 12.1 Å². The fraction of sp³-hybridized carbons (Fsp3) is 0.423. The highest BCUT2D eigenvalue weighted by molar-refractivity contribution is 6.03. The number of carbonyl (C=O) groups excluding carboxylic acids is 1. The number of halogens is 3. The molecule has 11 nitrogen and oxygen atoms in total. The van der Waals surface area contributed by atoms with E-state index >= 15 is 0 Å². The Hall–Kier alpha value is -4.04. The molecule has 1 N–H and O–H groups in total. The molecule has 2 bridgehead atoms. The molecule has 2 fully saturated rings. The van der Waals surface area contributed by atoms with Gasteiger partial charge in [-0.15, -0.1) is 0 Å². The quantitative estimate of drug-likeness (QED) is 0.495. The van der Waals surface area contributed by atoms with Gasteiger partial charge >= 0.3 is 12.2 Å². The van der Waals surface area contributed by atoms with E-state index in [0.717, 1.165) is 12.1 Å². The Morgan fingerprint density at radius 3 is 2.85 bits per heavy atom. The molecule has 2 saturated heterocycles. The van der Waals surface area contributed by atoms with Gasteiger partial charge in [0.25, 0.3) is 0 Å². The van der Waals surface area contributed by atoms with Crippen molar-refractivity contribution in [3.8, 4) is 17.3 Å². The van der Waals surface area contributed by atoms with Crippen LogP contribution in [-0.4, -0.2) is 70.2 Å². The maximum atomic E-state index is 13.5. The fourth-order valence-corrected chi connectivity index (χ4v) is 5.01. The largest absolute Gasteiger partial charge is 0.475 e. The Kier molecular flexibility index (Phi) is 6.45. The minimum atomic E-state index is -4.51. The van der Waals surface area contributed by atoms with E-state index in [0.29, 0.717) is 37.6 Å². The van der Waals surface area contributed by atoms with Crippen LogP contribution in [0.15, 0.2) is 42.7 Å². The first kappa shape index (κ1) is 26.2. The molecule has 0 aliphatic carbocycles. The molecule has 0 radical (unpaired) electrons. The van der Waals surface area contributed by atoms with Crippen LogP contribution in [0.4, 0.5) is 35.4 Å². The predicted octanol–water partition coefficient (Wildman–Crippen LogP) is 4.11. The van der Waals surface area contributed by atoms with Crippen molar-refractivity contribution in [2.75, 3.05) is 41.4 Å². The van der Waals surface area contributed by atoms with Gasteiger partial charge in [0.05, 0.1) is 30.1 Å². The number of hydrogen-bond acceptors (Lipinski definition) is 9. The lowest BCUT2D eigenvalue weighted by molar-refractivity contribution is -0.141. The van der Waals surface area contributed by atoms with Gasteiger partial charge in [0, 0.05) is 30.9 Å². The molecule has 3 aromatic rings. The molecule has 5 heterocycles. The lowest BCUT2D eigenvalue weighted by Crippen LogP contribution is -2.48. The molecule has 2 aromatic heterocycles. The number of anilines is 3. The van der Waals surface area contributed by atoms with Crippen molar-refractivity contribution in [3.63, 3.8) is 0 Å². The van der Waals surface area contributed by atoms with Crippen molar-refractivity contribution in [1.82, 2.24) is 19.9 Å². The van der Waals surface area contributed by atoms with Crippen LogP contribution < -0.4 is 19.9 Å². The van der Waals surface area contributed by atoms with Gasteiger partial charge < -0.3 is 19.1 Å². The van der Waals surface area contributed by atoms with Crippen LogP contribution in [0.5, 0.6) is 5.88 Å². The maximum Gasteiger partial charge on any atom is 0.416 e. The number of benzene rings is 1. The minimum absolute atomic E-state index is 0.0283. The molecule has 3 aliphatic heterocycles. The zero-order chi connectivity index (χ0) is 28.1. The maximum absolute atomic E-state index is 13.5. The molecular weight excluding hydrogens is 531 g/mol. The van der Waals surface area contributed by atoms with E-state index in [1.807, 2.05) is 13.8 Å². The van der Waals surface area contributed by atoms with Gasteiger partial charge in [-0.05, 0) is 32.4 Å². The van der Waals surface area contributed by atoms with Crippen LogP contribution in [0.3, 0.4) is 0 Å². The normalized spacial score (nSPS) is 21.3. The van der Waals surface area contributed by atoms with Gasteiger partial charge in [-0.2, -0.15) is 18.2 Å². The Morgan fingerprint density at radius 2 is 2.08 bits per heavy atom. The molecule has 210 valence electrons.